The third kappa shape index (κ3) is 6.21. The number of carbonyl (C=O) groups excluding carboxylic acids is 1. The van der Waals surface area contributed by atoms with E-state index >= 15 is 0 Å². The van der Waals surface area contributed by atoms with E-state index in [4.69, 9.17) is 37.4 Å². The smallest absolute Gasteiger partial charge is 0.326 e. The first-order chi connectivity index (χ1) is 13.3. The third-order valence-electron chi connectivity index (χ3n) is 3.73. The third-order valence-corrected chi connectivity index (χ3v) is 4.16. The number of nitrogens with one attached hydrogen (secondary N) is 1. The fourth-order valence-corrected chi connectivity index (χ4v) is 2.95. The monoisotopic (exact) mass is 427 g/mol. The molecule has 0 aliphatic rings. The maximum absolute atomic E-state index is 12.1. The van der Waals surface area contributed by atoms with Gasteiger partial charge in [0.2, 0.25) is 0 Å². The Bertz CT molecular complexity index is 838. The molecule has 0 aliphatic carbocycles. The van der Waals surface area contributed by atoms with Crippen LogP contribution in [-0.2, 0) is 16.0 Å². The van der Waals surface area contributed by atoms with Gasteiger partial charge in [-0.05, 0) is 35.9 Å². The molecule has 7 nitrogen and oxygen atoms in total. The van der Waals surface area contributed by atoms with Gasteiger partial charge in [0.1, 0.15) is 11.8 Å². The summed E-state index contributed by atoms with van der Waals surface area (Å²) in [6, 6.07) is 8.41. The molecule has 0 heterocycles. The molecule has 2 rings (SSSR count). The molecule has 0 saturated carbocycles. The van der Waals surface area contributed by atoms with Crippen molar-refractivity contribution in [1.82, 2.24) is 5.32 Å². The van der Waals surface area contributed by atoms with Gasteiger partial charge in [0.15, 0.2) is 18.1 Å². The summed E-state index contributed by atoms with van der Waals surface area (Å²) in [7, 11) is 2.99. The Morgan fingerprint density at radius 3 is 2.25 bits per heavy atom. The van der Waals surface area contributed by atoms with E-state index in [0.29, 0.717) is 32.9 Å². The second kappa shape index (κ2) is 10.1. The number of amides is 1. The van der Waals surface area contributed by atoms with Crippen molar-refractivity contribution >= 4 is 35.1 Å². The lowest BCUT2D eigenvalue weighted by Crippen LogP contribution is -2.44. The van der Waals surface area contributed by atoms with Crippen molar-refractivity contribution in [2.75, 3.05) is 20.8 Å². The van der Waals surface area contributed by atoms with E-state index in [-0.39, 0.29) is 13.0 Å². The molecule has 2 aromatic rings. The maximum Gasteiger partial charge on any atom is 0.326 e. The van der Waals surface area contributed by atoms with E-state index in [0.717, 1.165) is 0 Å². The zero-order valence-electron chi connectivity index (χ0n) is 15.2. The lowest BCUT2D eigenvalue weighted by atomic mass is 10.1. The van der Waals surface area contributed by atoms with Crippen LogP contribution in [0.3, 0.4) is 0 Å². The van der Waals surface area contributed by atoms with Gasteiger partial charge in [-0.3, -0.25) is 4.79 Å². The molecule has 0 spiro atoms. The standard InChI is InChI=1S/C19H19Cl2NO6/c1-26-16-4-3-11(6-17(16)27-2)5-15(19(24)25)22-18(23)10-28-14-8-12(20)7-13(21)9-14/h3-4,6-9,15H,5,10H2,1-2H3,(H,22,23)(H,24,25)/t15-/m0/s1. The molecule has 28 heavy (non-hydrogen) atoms. The Morgan fingerprint density at radius 1 is 1.04 bits per heavy atom. The van der Waals surface area contributed by atoms with Crippen molar-refractivity contribution in [1.29, 1.82) is 0 Å². The number of benzene rings is 2. The molecule has 2 aromatic carbocycles. The first-order valence-electron chi connectivity index (χ1n) is 8.14. The Balaban J connectivity index is 2.00. The molecule has 0 bridgehead atoms. The van der Waals surface area contributed by atoms with Gasteiger partial charge in [-0.25, -0.2) is 4.79 Å². The first kappa shape index (κ1) is 21.7. The maximum atomic E-state index is 12.1. The van der Waals surface area contributed by atoms with Gasteiger partial charge in [0.05, 0.1) is 14.2 Å². The Kier molecular flexibility index (Phi) is 7.78. The fourth-order valence-electron chi connectivity index (χ4n) is 2.44. The summed E-state index contributed by atoms with van der Waals surface area (Å²) >= 11 is 11.7. The van der Waals surface area contributed by atoms with Gasteiger partial charge in [-0.2, -0.15) is 0 Å². The highest BCUT2D eigenvalue weighted by Crippen LogP contribution is 2.28. The summed E-state index contributed by atoms with van der Waals surface area (Å²) < 4.78 is 15.7. The van der Waals surface area contributed by atoms with Gasteiger partial charge >= 0.3 is 5.97 Å². The predicted molar refractivity (Wildman–Crippen MR) is 105 cm³/mol. The number of halogens is 2. The van der Waals surface area contributed by atoms with E-state index in [9.17, 15) is 14.7 Å². The van der Waals surface area contributed by atoms with Crippen LogP contribution in [0.15, 0.2) is 36.4 Å². The SMILES string of the molecule is COc1ccc(C[C@H](NC(=O)COc2cc(Cl)cc(Cl)c2)C(=O)O)cc1OC. The lowest BCUT2D eigenvalue weighted by Gasteiger charge is -2.16. The van der Waals surface area contributed by atoms with E-state index in [1.165, 1.54) is 32.4 Å². The van der Waals surface area contributed by atoms with E-state index in [1.807, 2.05) is 0 Å². The van der Waals surface area contributed by atoms with Crippen molar-refractivity contribution in [2.24, 2.45) is 0 Å². The summed E-state index contributed by atoms with van der Waals surface area (Å²) in [4.78, 5) is 23.6. The highest BCUT2D eigenvalue weighted by Gasteiger charge is 2.21. The molecular weight excluding hydrogens is 409 g/mol. The van der Waals surface area contributed by atoms with Crippen LogP contribution in [-0.4, -0.2) is 43.9 Å². The highest BCUT2D eigenvalue weighted by molar-refractivity contribution is 6.34. The summed E-state index contributed by atoms with van der Waals surface area (Å²) in [5, 5.41) is 12.6. The van der Waals surface area contributed by atoms with Crippen LogP contribution in [0.4, 0.5) is 0 Å². The molecule has 1 amide bonds. The van der Waals surface area contributed by atoms with Crippen molar-refractivity contribution in [2.45, 2.75) is 12.5 Å². The number of rotatable bonds is 9. The normalized spacial score (nSPS) is 11.4. The van der Waals surface area contributed by atoms with Crippen molar-refractivity contribution < 1.29 is 28.9 Å². The van der Waals surface area contributed by atoms with Crippen molar-refractivity contribution in [3.63, 3.8) is 0 Å². The van der Waals surface area contributed by atoms with Crippen LogP contribution in [0.5, 0.6) is 17.2 Å². The quantitative estimate of drug-likeness (QED) is 0.637. The zero-order chi connectivity index (χ0) is 20.7. The molecule has 150 valence electrons. The van der Waals surface area contributed by atoms with E-state index in [1.54, 1.807) is 18.2 Å². The van der Waals surface area contributed by atoms with Crippen LogP contribution in [0.25, 0.3) is 0 Å². The zero-order valence-corrected chi connectivity index (χ0v) is 16.7. The number of hydrogen-bond acceptors (Lipinski definition) is 5. The molecule has 9 heteroatoms. The summed E-state index contributed by atoms with van der Waals surface area (Å²) in [5.41, 5.74) is 0.660. The molecule has 1 atom stereocenters. The topological polar surface area (TPSA) is 94.1 Å². The van der Waals surface area contributed by atoms with Crippen LogP contribution in [0.2, 0.25) is 10.0 Å². The molecular formula is C19H19Cl2NO6. The molecule has 2 N–H and O–H groups in total. The Labute approximate surface area is 172 Å². The number of hydrogen-bond donors (Lipinski definition) is 2. The van der Waals surface area contributed by atoms with E-state index < -0.39 is 17.9 Å². The second-order valence-electron chi connectivity index (χ2n) is 5.75. The molecule has 0 aliphatic heterocycles. The second-order valence-corrected chi connectivity index (χ2v) is 6.62. The van der Waals surface area contributed by atoms with Crippen LogP contribution in [0.1, 0.15) is 5.56 Å². The predicted octanol–water partition coefficient (Wildman–Crippen LogP) is 3.20. The van der Waals surface area contributed by atoms with Crippen LogP contribution in [0, 0.1) is 0 Å². The molecule has 0 fully saturated rings. The summed E-state index contributed by atoms with van der Waals surface area (Å²) in [6.07, 6.45) is 0.0599. The van der Waals surface area contributed by atoms with E-state index in [2.05, 4.69) is 5.32 Å². The van der Waals surface area contributed by atoms with Gasteiger partial charge < -0.3 is 24.6 Å². The minimum atomic E-state index is -1.17. The van der Waals surface area contributed by atoms with Crippen molar-refractivity contribution in [3.05, 3.63) is 52.0 Å². The summed E-state index contributed by atoms with van der Waals surface area (Å²) in [6.45, 7) is -0.383. The first-order valence-corrected chi connectivity index (χ1v) is 8.90. The average Bonchev–Trinajstić information content (AvgIpc) is 2.64. The fraction of sp³-hybridized carbons (Fsp3) is 0.263. The molecule has 0 radical (unpaired) electrons. The van der Waals surface area contributed by atoms with Crippen LogP contribution >= 0.6 is 23.2 Å². The molecule has 0 aromatic heterocycles. The number of carboxylic acids is 1. The highest BCUT2D eigenvalue weighted by atomic mass is 35.5. The average molecular weight is 428 g/mol. The van der Waals surface area contributed by atoms with Gasteiger partial charge in [-0.15, -0.1) is 0 Å². The van der Waals surface area contributed by atoms with Crippen molar-refractivity contribution in [3.8, 4) is 17.2 Å². The number of carbonyl (C=O) groups is 2. The Hall–Kier alpha value is -2.64. The number of carboxylic acid groups (broad SMARTS) is 1. The number of methoxy groups -OCH3 is 2. The minimum absolute atomic E-state index is 0.0599. The summed E-state index contributed by atoms with van der Waals surface area (Å²) in [5.74, 6) is -0.468. The molecule has 0 saturated heterocycles. The Morgan fingerprint density at radius 2 is 1.68 bits per heavy atom. The van der Waals surface area contributed by atoms with Gasteiger partial charge in [-0.1, -0.05) is 29.3 Å². The minimum Gasteiger partial charge on any atom is -0.493 e. The van der Waals surface area contributed by atoms with Crippen LogP contribution < -0.4 is 19.5 Å². The largest absolute Gasteiger partial charge is 0.493 e. The van der Waals surface area contributed by atoms with Gasteiger partial charge in [0, 0.05) is 16.5 Å². The lowest BCUT2D eigenvalue weighted by molar-refractivity contribution is -0.142. The number of aliphatic carboxylic acids is 1. The molecule has 0 unspecified atom stereocenters. The number of ether oxygens (including phenoxy) is 3. The van der Waals surface area contributed by atoms with Gasteiger partial charge in [0.25, 0.3) is 5.91 Å².